The predicted octanol–water partition coefficient (Wildman–Crippen LogP) is -7.56. The molecule has 0 aromatic heterocycles. The van der Waals surface area contributed by atoms with Crippen LogP contribution < -0.4 is 37.2 Å². The Morgan fingerprint density at radius 3 is 2.31 bits per heavy atom. The predicted molar refractivity (Wildman–Crippen MR) is 40.4 cm³/mol. The minimum Gasteiger partial charge on any atom is -1.00 e. The van der Waals surface area contributed by atoms with E-state index in [0.717, 1.165) is 0 Å². The fourth-order valence-electron chi connectivity index (χ4n) is 0.838. The van der Waals surface area contributed by atoms with Gasteiger partial charge in [-0.05, 0) is 0 Å². The second-order valence-corrected chi connectivity index (χ2v) is 5.96. The zero-order chi connectivity index (χ0) is 7.40. The Morgan fingerprint density at radius 1 is 1.31 bits per heavy atom. The van der Waals surface area contributed by atoms with Gasteiger partial charge in [0.25, 0.3) is 0 Å². The summed E-state index contributed by atoms with van der Waals surface area (Å²) in [6.07, 6.45) is 7.99. The zero-order valence-corrected chi connectivity index (χ0v) is 12.5. The van der Waals surface area contributed by atoms with Gasteiger partial charge in [-0.15, -0.1) is 0 Å². The molecule has 0 saturated heterocycles. The monoisotopic (exact) mass is 318 g/mol. The first-order chi connectivity index (χ1) is 4.79. The van der Waals surface area contributed by atoms with Crippen LogP contribution in [0.3, 0.4) is 0 Å². The van der Waals surface area contributed by atoms with Gasteiger partial charge in [0, 0.05) is 0 Å². The first-order valence-corrected chi connectivity index (χ1v) is 6.50. The van der Waals surface area contributed by atoms with Crippen molar-refractivity contribution < 1.29 is 60.5 Å². The molecular weight excluding hydrogens is 308 g/mol. The third-order valence-electron chi connectivity index (χ3n) is 1.39. The normalized spacial score (nSPS) is 12.1. The van der Waals surface area contributed by atoms with E-state index in [4.69, 9.17) is 0 Å². The largest absolute Gasteiger partial charge is 1.00 e. The number of hydrogen-bond acceptors (Lipinski definition) is 1. The SMILES string of the molecule is CN(C)[CH2][Zr+3][C]1=CC=CC1.[Cl-].[Cl-].[Cl-]. The van der Waals surface area contributed by atoms with Crippen LogP contribution in [0, 0.1) is 0 Å². The summed E-state index contributed by atoms with van der Waals surface area (Å²) in [5.41, 5.74) is 0. The van der Waals surface area contributed by atoms with Crippen LogP contribution in [-0.2, 0) is 23.2 Å². The van der Waals surface area contributed by atoms with Crippen LogP contribution in [-0.4, -0.2) is 23.2 Å². The molecule has 1 aliphatic carbocycles. The molecule has 1 aliphatic rings. The van der Waals surface area contributed by atoms with Gasteiger partial charge in [0.15, 0.2) is 0 Å². The van der Waals surface area contributed by atoms with Gasteiger partial charge in [-0.3, -0.25) is 0 Å². The molecule has 13 heavy (non-hydrogen) atoms. The van der Waals surface area contributed by atoms with Crippen molar-refractivity contribution in [2.24, 2.45) is 0 Å². The third-order valence-corrected chi connectivity index (χ3v) is 5.36. The van der Waals surface area contributed by atoms with E-state index in [2.05, 4.69) is 37.2 Å². The Morgan fingerprint density at radius 2 is 1.92 bits per heavy atom. The maximum Gasteiger partial charge on any atom is -1.00 e. The fraction of sp³-hybridized carbons (Fsp3) is 0.500. The van der Waals surface area contributed by atoms with Crippen LogP contribution in [0.25, 0.3) is 0 Å². The fourth-order valence-corrected chi connectivity index (χ4v) is 3.29. The van der Waals surface area contributed by atoms with E-state index in [1.165, 1.54) is 10.7 Å². The number of rotatable bonds is 3. The number of allylic oxidation sites excluding steroid dienone is 4. The Hall–Kier alpha value is 1.19. The smallest absolute Gasteiger partial charge is 1.00 e. The van der Waals surface area contributed by atoms with Gasteiger partial charge >= 0.3 is 74.4 Å². The maximum absolute atomic E-state index is 2.30. The van der Waals surface area contributed by atoms with E-state index in [1.807, 2.05) is 0 Å². The molecular formula is C8H13Cl3NZr. The van der Waals surface area contributed by atoms with Crippen molar-refractivity contribution in [2.45, 2.75) is 6.42 Å². The van der Waals surface area contributed by atoms with Crippen LogP contribution in [0.1, 0.15) is 6.42 Å². The van der Waals surface area contributed by atoms with Crippen molar-refractivity contribution >= 4 is 0 Å². The molecule has 1 rings (SSSR count). The van der Waals surface area contributed by atoms with E-state index >= 15 is 0 Å². The van der Waals surface area contributed by atoms with Gasteiger partial charge in [-0.2, -0.15) is 0 Å². The number of nitrogens with zero attached hydrogens (tertiary/aromatic N) is 1. The quantitative estimate of drug-likeness (QED) is 0.499. The van der Waals surface area contributed by atoms with Gasteiger partial charge in [0.2, 0.25) is 0 Å². The average molecular weight is 321 g/mol. The van der Waals surface area contributed by atoms with E-state index in [-0.39, 0.29) is 60.5 Å². The van der Waals surface area contributed by atoms with Gasteiger partial charge in [0.05, 0.1) is 0 Å². The molecule has 75 valence electrons. The summed E-state index contributed by atoms with van der Waals surface area (Å²) in [5.74, 6) is 0. The first kappa shape index (κ1) is 19.7. The standard InChI is InChI=1S/C5H5.C3H8N.3ClH.Zr/c1-2-4-5-3-1;1-4(2)3;;;;/h1-3H,4H2;1H2,2-3H3;3*1H;/q;;;;;+3/p-3. The van der Waals surface area contributed by atoms with Crippen LogP contribution in [0.2, 0.25) is 0 Å². The van der Waals surface area contributed by atoms with Gasteiger partial charge in [0.1, 0.15) is 0 Å². The summed E-state index contributed by atoms with van der Waals surface area (Å²) in [6, 6.07) is 0. The molecule has 0 aliphatic heterocycles. The molecule has 1 nitrogen and oxygen atoms in total. The Balaban J connectivity index is -0.000000333. The van der Waals surface area contributed by atoms with Gasteiger partial charge in [-0.1, -0.05) is 0 Å². The second-order valence-electron chi connectivity index (χ2n) is 2.74. The zero-order valence-electron chi connectivity index (χ0n) is 7.73. The molecule has 0 fully saturated rings. The summed E-state index contributed by atoms with van der Waals surface area (Å²) >= 11 is -0.194. The van der Waals surface area contributed by atoms with Crippen LogP contribution in [0.5, 0.6) is 0 Å². The Bertz CT molecular complexity index is 169. The molecule has 5 heteroatoms. The molecule has 0 heterocycles. The molecule has 0 unspecified atom stereocenters. The van der Waals surface area contributed by atoms with Crippen molar-refractivity contribution in [1.82, 2.24) is 4.90 Å². The second kappa shape index (κ2) is 11.3. The van der Waals surface area contributed by atoms with Gasteiger partial charge < -0.3 is 37.2 Å². The molecule has 0 saturated carbocycles. The molecule has 0 spiro atoms. The molecule has 0 amide bonds. The topological polar surface area (TPSA) is 3.24 Å². The third kappa shape index (κ3) is 9.50. The Labute approximate surface area is 111 Å². The summed E-state index contributed by atoms with van der Waals surface area (Å²) in [5, 5.41) is 0. The van der Waals surface area contributed by atoms with Crippen molar-refractivity contribution in [3.05, 3.63) is 21.5 Å². The average Bonchev–Trinajstić information content (AvgIpc) is 2.34. The minimum absolute atomic E-state index is 0. The van der Waals surface area contributed by atoms with Crippen molar-refractivity contribution in [2.75, 3.05) is 18.3 Å². The molecule has 0 atom stereocenters. The Kier molecular flexibility index (Phi) is 17.1. The van der Waals surface area contributed by atoms with E-state index in [9.17, 15) is 0 Å². The first-order valence-electron chi connectivity index (χ1n) is 3.53. The van der Waals surface area contributed by atoms with E-state index in [0.29, 0.717) is 0 Å². The molecule has 0 aromatic carbocycles. The van der Waals surface area contributed by atoms with E-state index in [1.54, 1.807) is 3.28 Å². The van der Waals surface area contributed by atoms with Crippen molar-refractivity contribution in [1.29, 1.82) is 0 Å². The van der Waals surface area contributed by atoms with Crippen molar-refractivity contribution in [3.8, 4) is 0 Å². The van der Waals surface area contributed by atoms with Crippen molar-refractivity contribution in [3.63, 3.8) is 0 Å². The summed E-state index contributed by atoms with van der Waals surface area (Å²) < 4.78 is 3.08. The molecule has 0 aromatic rings. The molecule has 0 N–H and O–H groups in total. The summed E-state index contributed by atoms with van der Waals surface area (Å²) in [6.45, 7) is 0. The van der Waals surface area contributed by atoms with Gasteiger partial charge in [-0.25, -0.2) is 0 Å². The number of hydrogen-bond donors (Lipinski definition) is 0. The minimum atomic E-state index is -0.194. The van der Waals surface area contributed by atoms with Crippen LogP contribution >= 0.6 is 0 Å². The summed E-state index contributed by atoms with van der Waals surface area (Å²) in [7, 11) is 4.31. The van der Waals surface area contributed by atoms with E-state index < -0.39 is 0 Å². The molecule has 0 radical (unpaired) electrons. The van der Waals surface area contributed by atoms with Crippen LogP contribution in [0.4, 0.5) is 0 Å². The van der Waals surface area contributed by atoms with Crippen LogP contribution in [0.15, 0.2) is 21.5 Å². The number of halogens is 3. The summed E-state index contributed by atoms with van der Waals surface area (Å²) in [4.78, 5) is 2.30. The molecule has 0 bridgehead atoms. The maximum atomic E-state index is 2.30.